The van der Waals surface area contributed by atoms with Gasteiger partial charge in [0.2, 0.25) is 0 Å². The highest BCUT2D eigenvalue weighted by atomic mass is 15.1. The van der Waals surface area contributed by atoms with E-state index >= 15 is 0 Å². The Morgan fingerprint density at radius 1 is 1.21 bits per heavy atom. The molecule has 0 N–H and O–H groups in total. The normalized spacial score (nSPS) is 19.3. The van der Waals surface area contributed by atoms with E-state index in [2.05, 4.69) is 36.9 Å². The number of piperidine rings is 1. The third-order valence-electron chi connectivity index (χ3n) is 4.37. The molecule has 1 aromatic rings. The quantitative estimate of drug-likeness (QED) is 0.822. The average molecular weight is 256 g/mol. The lowest BCUT2D eigenvalue weighted by Gasteiger charge is -2.34. The van der Waals surface area contributed by atoms with Gasteiger partial charge in [-0.1, -0.05) is 44.2 Å². The van der Waals surface area contributed by atoms with Crippen LogP contribution in [0, 0.1) is 23.2 Å². The van der Waals surface area contributed by atoms with Crippen molar-refractivity contribution < 1.29 is 0 Å². The first kappa shape index (κ1) is 14.1. The van der Waals surface area contributed by atoms with Crippen LogP contribution in [0.2, 0.25) is 0 Å². The lowest BCUT2D eigenvalue weighted by atomic mass is 9.86. The minimum Gasteiger partial charge on any atom is -0.302 e. The van der Waals surface area contributed by atoms with Crippen LogP contribution in [-0.4, -0.2) is 24.5 Å². The summed E-state index contributed by atoms with van der Waals surface area (Å²) in [5, 5.41) is 9.37. The van der Waals surface area contributed by atoms with E-state index in [-0.39, 0.29) is 5.92 Å². The summed E-state index contributed by atoms with van der Waals surface area (Å²) in [7, 11) is 0. The SMILES string of the molecule is CC(C)C1CCN(CC(C#N)c2ccccc2)CC1. The van der Waals surface area contributed by atoms with Crippen molar-refractivity contribution in [1.29, 1.82) is 5.26 Å². The Hall–Kier alpha value is -1.33. The van der Waals surface area contributed by atoms with Crippen molar-refractivity contribution in [2.75, 3.05) is 19.6 Å². The third-order valence-corrected chi connectivity index (χ3v) is 4.37. The molecule has 0 amide bonds. The van der Waals surface area contributed by atoms with Gasteiger partial charge in [-0.05, 0) is 43.3 Å². The molecular weight excluding hydrogens is 232 g/mol. The monoisotopic (exact) mass is 256 g/mol. The van der Waals surface area contributed by atoms with Crippen LogP contribution in [0.1, 0.15) is 38.2 Å². The van der Waals surface area contributed by atoms with Gasteiger partial charge in [-0.2, -0.15) is 5.26 Å². The number of rotatable bonds is 4. The predicted molar refractivity (Wildman–Crippen MR) is 78.8 cm³/mol. The standard InChI is InChI=1S/C17H24N2/c1-14(2)15-8-10-19(11-9-15)13-17(12-18)16-6-4-3-5-7-16/h3-7,14-15,17H,8-11,13H2,1-2H3. The van der Waals surface area contributed by atoms with Crippen LogP contribution in [0.5, 0.6) is 0 Å². The molecule has 1 atom stereocenters. The van der Waals surface area contributed by atoms with E-state index in [0.717, 1.165) is 37.0 Å². The first-order chi connectivity index (χ1) is 9.20. The summed E-state index contributed by atoms with van der Waals surface area (Å²) in [5.74, 6) is 1.67. The van der Waals surface area contributed by atoms with E-state index in [1.54, 1.807) is 0 Å². The molecule has 0 spiro atoms. The van der Waals surface area contributed by atoms with Gasteiger partial charge in [-0.15, -0.1) is 0 Å². The van der Waals surface area contributed by atoms with Crippen LogP contribution in [0.4, 0.5) is 0 Å². The van der Waals surface area contributed by atoms with Gasteiger partial charge in [0.15, 0.2) is 0 Å². The summed E-state index contributed by atoms with van der Waals surface area (Å²) in [6.07, 6.45) is 2.56. The Labute approximate surface area is 117 Å². The van der Waals surface area contributed by atoms with Gasteiger partial charge in [0.1, 0.15) is 0 Å². The maximum Gasteiger partial charge on any atom is 0.0839 e. The minimum atomic E-state index is 0.0109. The summed E-state index contributed by atoms with van der Waals surface area (Å²) in [6.45, 7) is 7.82. The molecule has 1 aliphatic rings. The zero-order valence-electron chi connectivity index (χ0n) is 12.0. The Bertz CT molecular complexity index is 411. The number of nitriles is 1. The Kier molecular flexibility index (Phi) is 4.99. The topological polar surface area (TPSA) is 27.0 Å². The lowest BCUT2D eigenvalue weighted by Crippen LogP contribution is -2.37. The summed E-state index contributed by atoms with van der Waals surface area (Å²) in [4.78, 5) is 2.46. The second kappa shape index (κ2) is 6.73. The molecule has 0 aliphatic carbocycles. The second-order valence-corrected chi connectivity index (χ2v) is 5.97. The highest BCUT2D eigenvalue weighted by Crippen LogP contribution is 2.26. The molecule has 1 fully saturated rings. The molecule has 1 saturated heterocycles. The number of likely N-dealkylation sites (tertiary alicyclic amines) is 1. The largest absolute Gasteiger partial charge is 0.302 e. The molecule has 0 bridgehead atoms. The van der Waals surface area contributed by atoms with Crippen molar-refractivity contribution in [3.05, 3.63) is 35.9 Å². The van der Waals surface area contributed by atoms with Crippen LogP contribution in [0.25, 0.3) is 0 Å². The van der Waals surface area contributed by atoms with Gasteiger partial charge in [0.25, 0.3) is 0 Å². The van der Waals surface area contributed by atoms with Crippen LogP contribution in [0.3, 0.4) is 0 Å². The van der Waals surface area contributed by atoms with Crippen molar-refractivity contribution in [2.24, 2.45) is 11.8 Å². The number of hydrogen-bond donors (Lipinski definition) is 0. The van der Waals surface area contributed by atoms with Crippen molar-refractivity contribution in [1.82, 2.24) is 4.90 Å². The Balaban J connectivity index is 1.89. The minimum absolute atomic E-state index is 0.0109. The molecule has 2 heteroatoms. The lowest BCUT2D eigenvalue weighted by molar-refractivity contribution is 0.156. The number of nitrogens with zero attached hydrogens (tertiary/aromatic N) is 2. The fourth-order valence-corrected chi connectivity index (χ4v) is 2.97. The van der Waals surface area contributed by atoms with Crippen LogP contribution >= 0.6 is 0 Å². The molecule has 1 unspecified atom stereocenters. The first-order valence-electron chi connectivity index (χ1n) is 7.37. The van der Waals surface area contributed by atoms with Gasteiger partial charge in [0, 0.05) is 6.54 Å². The molecule has 19 heavy (non-hydrogen) atoms. The van der Waals surface area contributed by atoms with E-state index < -0.39 is 0 Å². The Morgan fingerprint density at radius 3 is 2.37 bits per heavy atom. The van der Waals surface area contributed by atoms with E-state index in [4.69, 9.17) is 0 Å². The zero-order valence-corrected chi connectivity index (χ0v) is 12.0. The van der Waals surface area contributed by atoms with Gasteiger partial charge < -0.3 is 4.90 Å². The molecule has 0 radical (unpaired) electrons. The van der Waals surface area contributed by atoms with Crippen molar-refractivity contribution in [2.45, 2.75) is 32.6 Å². The van der Waals surface area contributed by atoms with Gasteiger partial charge in [-0.3, -0.25) is 0 Å². The molecule has 2 nitrogen and oxygen atoms in total. The highest BCUT2D eigenvalue weighted by molar-refractivity contribution is 5.25. The van der Waals surface area contributed by atoms with Crippen LogP contribution in [-0.2, 0) is 0 Å². The maximum atomic E-state index is 9.37. The number of benzene rings is 1. The summed E-state index contributed by atoms with van der Waals surface area (Å²) < 4.78 is 0. The van der Waals surface area contributed by atoms with E-state index in [0.29, 0.717) is 0 Å². The molecule has 1 heterocycles. The molecule has 1 aliphatic heterocycles. The maximum absolute atomic E-state index is 9.37. The van der Waals surface area contributed by atoms with Crippen molar-refractivity contribution >= 4 is 0 Å². The Morgan fingerprint density at radius 2 is 1.84 bits per heavy atom. The van der Waals surface area contributed by atoms with Gasteiger partial charge in [0.05, 0.1) is 12.0 Å². The smallest absolute Gasteiger partial charge is 0.0839 e. The van der Waals surface area contributed by atoms with Gasteiger partial charge >= 0.3 is 0 Å². The number of hydrogen-bond acceptors (Lipinski definition) is 2. The fourth-order valence-electron chi connectivity index (χ4n) is 2.97. The third kappa shape index (κ3) is 3.81. The summed E-state index contributed by atoms with van der Waals surface area (Å²) in [5.41, 5.74) is 1.15. The predicted octanol–water partition coefficient (Wildman–Crippen LogP) is 3.66. The van der Waals surface area contributed by atoms with Gasteiger partial charge in [-0.25, -0.2) is 0 Å². The van der Waals surface area contributed by atoms with Crippen molar-refractivity contribution in [3.8, 4) is 6.07 Å². The van der Waals surface area contributed by atoms with Crippen LogP contribution in [0.15, 0.2) is 30.3 Å². The highest BCUT2D eigenvalue weighted by Gasteiger charge is 2.23. The molecule has 102 valence electrons. The molecule has 2 rings (SSSR count). The summed E-state index contributed by atoms with van der Waals surface area (Å²) in [6, 6.07) is 12.6. The summed E-state index contributed by atoms with van der Waals surface area (Å²) >= 11 is 0. The average Bonchev–Trinajstić information content (AvgIpc) is 2.46. The molecule has 0 saturated carbocycles. The zero-order chi connectivity index (χ0) is 13.7. The molecule has 0 aromatic heterocycles. The van der Waals surface area contributed by atoms with Crippen LogP contribution < -0.4 is 0 Å². The molecular formula is C17H24N2. The fraction of sp³-hybridized carbons (Fsp3) is 0.588. The van der Waals surface area contributed by atoms with E-state index in [1.807, 2.05) is 18.2 Å². The first-order valence-corrected chi connectivity index (χ1v) is 7.37. The van der Waals surface area contributed by atoms with Crippen molar-refractivity contribution in [3.63, 3.8) is 0 Å². The second-order valence-electron chi connectivity index (χ2n) is 5.97. The van der Waals surface area contributed by atoms with E-state index in [1.165, 1.54) is 12.8 Å². The molecule has 1 aromatic carbocycles. The van der Waals surface area contributed by atoms with E-state index in [9.17, 15) is 5.26 Å².